The molecule has 1 rings (SSSR count). The molecule has 0 aliphatic carbocycles. The molecule has 3 nitrogen and oxygen atoms in total. The zero-order valence-electron chi connectivity index (χ0n) is 12.2. The highest BCUT2D eigenvalue weighted by Gasteiger charge is 2.08. The van der Waals surface area contributed by atoms with E-state index in [-0.39, 0.29) is 0 Å². The van der Waals surface area contributed by atoms with Gasteiger partial charge in [-0.05, 0) is 31.4 Å². The molecule has 0 fully saturated rings. The summed E-state index contributed by atoms with van der Waals surface area (Å²) in [6.45, 7) is 5.55. The van der Waals surface area contributed by atoms with Gasteiger partial charge in [-0.3, -0.25) is 0 Å². The van der Waals surface area contributed by atoms with E-state index in [1.165, 1.54) is 5.56 Å². The first-order chi connectivity index (χ1) is 9.38. The number of ether oxygens (including phenoxy) is 2. The average molecular weight is 265 g/mol. The van der Waals surface area contributed by atoms with Crippen LogP contribution in [0, 0.1) is 0 Å². The Bertz CT molecular complexity index is 303. The van der Waals surface area contributed by atoms with Gasteiger partial charge >= 0.3 is 0 Å². The summed E-state index contributed by atoms with van der Waals surface area (Å²) in [5.41, 5.74) is 1.36. The Kier molecular flexibility index (Phi) is 9.33. The molecule has 108 valence electrons. The summed E-state index contributed by atoms with van der Waals surface area (Å²) in [5.74, 6) is 0. The number of methoxy groups -OCH3 is 1. The van der Waals surface area contributed by atoms with Crippen LogP contribution in [0.15, 0.2) is 30.3 Å². The highest BCUT2D eigenvalue weighted by molar-refractivity contribution is 5.18. The van der Waals surface area contributed by atoms with Crippen molar-refractivity contribution in [1.82, 2.24) is 5.32 Å². The molecule has 1 atom stereocenters. The normalized spacial score (nSPS) is 12.5. The van der Waals surface area contributed by atoms with Crippen molar-refractivity contribution in [2.45, 2.75) is 32.2 Å². The van der Waals surface area contributed by atoms with Gasteiger partial charge in [-0.25, -0.2) is 0 Å². The van der Waals surface area contributed by atoms with Gasteiger partial charge in [0, 0.05) is 33.0 Å². The van der Waals surface area contributed by atoms with E-state index in [2.05, 4.69) is 42.6 Å². The zero-order chi connectivity index (χ0) is 13.8. The molecular weight excluding hydrogens is 238 g/mol. The van der Waals surface area contributed by atoms with E-state index in [1.807, 2.05) is 0 Å². The molecule has 0 radical (unpaired) electrons. The van der Waals surface area contributed by atoms with Gasteiger partial charge in [0.25, 0.3) is 0 Å². The first-order valence-corrected chi connectivity index (χ1v) is 7.23. The van der Waals surface area contributed by atoms with Gasteiger partial charge < -0.3 is 14.8 Å². The van der Waals surface area contributed by atoms with Gasteiger partial charge in [0.2, 0.25) is 0 Å². The predicted molar refractivity (Wildman–Crippen MR) is 79.4 cm³/mol. The average Bonchev–Trinajstić information content (AvgIpc) is 2.46. The minimum absolute atomic E-state index is 0.439. The summed E-state index contributed by atoms with van der Waals surface area (Å²) >= 11 is 0. The van der Waals surface area contributed by atoms with Crippen LogP contribution in [-0.2, 0) is 9.47 Å². The van der Waals surface area contributed by atoms with Crippen molar-refractivity contribution >= 4 is 0 Å². The molecule has 0 aromatic heterocycles. The largest absolute Gasteiger partial charge is 0.385 e. The molecule has 0 aliphatic rings. The SMILES string of the molecule is CCNC(CCCOCCCOC)c1ccccc1. The lowest BCUT2D eigenvalue weighted by atomic mass is 10.0. The number of nitrogens with one attached hydrogen (secondary N) is 1. The lowest BCUT2D eigenvalue weighted by molar-refractivity contribution is 0.0990. The van der Waals surface area contributed by atoms with E-state index >= 15 is 0 Å². The topological polar surface area (TPSA) is 30.5 Å². The molecule has 0 saturated heterocycles. The smallest absolute Gasteiger partial charge is 0.0487 e. The van der Waals surface area contributed by atoms with Crippen LogP contribution in [0.1, 0.15) is 37.8 Å². The van der Waals surface area contributed by atoms with Crippen molar-refractivity contribution in [3.63, 3.8) is 0 Å². The quantitative estimate of drug-likeness (QED) is 0.623. The van der Waals surface area contributed by atoms with Crippen LogP contribution < -0.4 is 5.32 Å². The number of hydrogen-bond acceptors (Lipinski definition) is 3. The highest BCUT2D eigenvalue weighted by atomic mass is 16.5. The third-order valence-electron chi connectivity index (χ3n) is 3.07. The van der Waals surface area contributed by atoms with Crippen molar-refractivity contribution in [2.75, 3.05) is 33.5 Å². The van der Waals surface area contributed by atoms with Crippen molar-refractivity contribution in [3.05, 3.63) is 35.9 Å². The Labute approximate surface area is 117 Å². The fourth-order valence-corrected chi connectivity index (χ4v) is 2.12. The summed E-state index contributed by atoms with van der Waals surface area (Å²) in [7, 11) is 1.72. The van der Waals surface area contributed by atoms with Crippen molar-refractivity contribution in [3.8, 4) is 0 Å². The van der Waals surface area contributed by atoms with Crippen molar-refractivity contribution in [2.24, 2.45) is 0 Å². The lowest BCUT2D eigenvalue weighted by Crippen LogP contribution is -2.21. The molecule has 0 heterocycles. The van der Waals surface area contributed by atoms with Crippen LogP contribution in [0.3, 0.4) is 0 Å². The Morgan fingerprint density at radius 2 is 1.79 bits per heavy atom. The van der Waals surface area contributed by atoms with Gasteiger partial charge in [-0.1, -0.05) is 37.3 Å². The van der Waals surface area contributed by atoms with Crippen LogP contribution >= 0.6 is 0 Å². The van der Waals surface area contributed by atoms with Gasteiger partial charge in [-0.2, -0.15) is 0 Å². The Morgan fingerprint density at radius 3 is 2.47 bits per heavy atom. The molecule has 19 heavy (non-hydrogen) atoms. The molecule has 0 aliphatic heterocycles. The van der Waals surface area contributed by atoms with Crippen LogP contribution in [-0.4, -0.2) is 33.5 Å². The minimum atomic E-state index is 0.439. The van der Waals surface area contributed by atoms with Crippen LogP contribution in [0.25, 0.3) is 0 Å². The summed E-state index contributed by atoms with van der Waals surface area (Å²) in [4.78, 5) is 0. The van der Waals surface area contributed by atoms with Crippen LogP contribution in [0.5, 0.6) is 0 Å². The molecular formula is C16H27NO2. The third-order valence-corrected chi connectivity index (χ3v) is 3.07. The lowest BCUT2D eigenvalue weighted by Gasteiger charge is -2.18. The molecule has 3 heteroatoms. The Hall–Kier alpha value is -0.900. The molecule has 0 saturated carbocycles. The van der Waals surface area contributed by atoms with Gasteiger partial charge in [0.1, 0.15) is 0 Å². The van der Waals surface area contributed by atoms with E-state index in [0.29, 0.717) is 6.04 Å². The van der Waals surface area contributed by atoms with E-state index < -0.39 is 0 Å². The number of hydrogen-bond donors (Lipinski definition) is 1. The molecule has 0 bridgehead atoms. The molecule has 1 aromatic carbocycles. The minimum Gasteiger partial charge on any atom is -0.385 e. The van der Waals surface area contributed by atoms with E-state index in [4.69, 9.17) is 9.47 Å². The second-order valence-electron chi connectivity index (χ2n) is 4.62. The number of benzene rings is 1. The van der Waals surface area contributed by atoms with Gasteiger partial charge in [-0.15, -0.1) is 0 Å². The number of rotatable bonds is 11. The summed E-state index contributed by atoms with van der Waals surface area (Å²) in [6.07, 6.45) is 3.17. The maximum absolute atomic E-state index is 5.59. The van der Waals surface area contributed by atoms with Crippen LogP contribution in [0.2, 0.25) is 0 Å². The fraction of sp³-hybridized carbons (Fsp3) is 0.625. The fourth-order valence-electron chi connectivity index (χ4n) is 2.12. The van der Waals surface area contributed by atoms with E-state index in [1.54, 1.807) is 7.11 Å². The first-order valence-electron chi connectivity index (χ1n) is 7.23. The maximum atomic E-state index is 5.59. The van der Waals surface area contributed by atoms with Crippen molar-refractivity contribution < 1.29 is 9.47 Å². The highest BCUT2D eigenvalue weighted by Crippen LogP contribution is 2.17. The maximum Gasteiger partial charge on any atom is 0.0487 e. The molecule has 0 amide bonds. The third kappa shape index (κ3) is 7.31. The molecule has 1 N–H and O–H groups in total. The zero-order valence-corrected chi connectivity index (χ0v) is 12.2. The van der Waals surface area contributed by atoms with Crippen molar-refractivity contribution in [1.29, 1.82) is 0 Å². The summed E-state index contributed by atoms with van der Waals surface area (Å²) < 4.78 is 10.6. The molecule has 1 unspecified atom stereocenters. The van der Waals surface area contributed by atoms with E-state index in [9.17, 15) is 0 Å². The molecule has 1 aromatic rings. The van der Waals surface area contributed by atoms with E-state index in [0.717, 1.165) is 45.6 Å². The second-order valence-corrected chi connectivity index (χ2v) is 4.62. The predicted octanol–water partition coefficient (Wildman–Crippen LogP) is 3.17. The molecule has 0 spiro atoms. The van der Waals surface area contributed by atoms with Gasteiger partial charge in [0.15, 0.2) is 0 Å². The monoisotopic (exact) mass is 265 g/mol. The first kappa shape index (κ1) is 16.2. The Morgan fingerprint density at radius 1 is 1.05 bits per heavy atom. The Balaban J connectivity index is 2.20. The van der Waals surface area contributed by atoms with Crippen LogP contribution in [0.4, 0.5) is 0 Å². The standard InChI is InChI=1S/C16H27NO2/c1-3-17-16(15-9-5-4-6-10-15)11-7-13-19-14-8-12-18-2/h4-6,9-10,16-17H,3,7-8,11-14H2,1-2H3. The van der Waals surface area contributed by atoms with Gasteiger partial charge in [0.05, 0.1) is 0 Å². The second kappa shape index (κ2) is 11.0. The summed E-state index contributed by atoms with van der Waals surface area (Å²) in [6, 6.07) is 11.1. The summed E-state index contributed by atoms with van der Waals surface area (Å²) in [5, 5.41) is 3.53.